The summed E-state index contributed by atoms with van der Waals surface area (Å²) in [6.45, 7) is 12.1. The Morgan fingerprint density at radius 2 is 1.76 bits per heavy atom. The molecule has 33 heavy (non-hydrogen) atoms. The second-order valence-electron chi connectivity index (χ2n) is 11.0. The van der Waals surface area contributed by atoms with E-state index in [0.29, 0.717) is 22.9 Å². The summed E-state index contributed by atoms with van der Waals surface area (Å²) < 4.78 is 48.5. The summed E-state index contributed by atoms with van der Waals surface area (Å²) in [6.07, 6.45) is 0.184. The zero-order valence-corrected chi connectivity index (χ0v) is 20.1. The molecule has 2 aromatic heterocycles. The molecule has 4 rings (SSSR count). The number of hydrogen-bond acceptors (Lipinski definition) is 5. The second-order valence-corrected chi connectivity index (χ2v) is 11.0. The minimum Gasteiger partial charge on any atom is -0.476 e. The molecule has 3 atom stereocenters. The summed E-state index contributed by atoms with van der Waals surface area (Å²) in [4.78, 5) is 2.55. The number of halogens is 3. The van der Waals surface area contributed by atoms with Gasteiger partial charge in [0.15, 0.2) is 0 Å². The molecule has 2 aliphatic rings. The zero-order valence-electron chi connectivity index (χ0n) is 20.1. The summed E-state index contributed by atoms with van der Waals surface area (Å²) in [7, 11) is 1.67. The van der Waals surface area contributed by atoms with Gasteiger partial charge in [0.05, 0.1) is 18.5 Å². The summed E-state index contributed by atoms with van der Waals surface area (Å²) in [6, 6.07) is 1.02. The number of rotatable bonds is 6. The van der Waals surface area contributed by atoms with Crippen molar-refractivity contribution in [1.82, 2.24) is 24.9 Å². The standard InChI is InChI=1S/C24H34F3N5O/c1-15-11-28-31(5)21(15)20-10-19(24(25,26)27)22(30-29-20)33-14-16-8-17-12-32(13-18(17)9-16)7-6-23(2,3)4/h10-11,16-18H,6-9,12-14H2,1-5H3/t16-,17+,18-. The maximum atomic E-state index is 13.8. The molecule has 3 heterocycles. The first-order valence-electron chi connectivity index (χ1n) is 11.7. The number of nitrogens with zero attached hydrogens (tertiary/aromatic N) is 5. The van der Waals surface area contributed by atoms with E-state index in [0.717, 1.165) is 44.1 Å². The van der Waals surface area contributed by atoms with Crippen molar-refractivity contribution >= 4 is 0 Å². The number of aromatic nitrogens is 4. The third-order valence-electron chi connectivity index (χ3n) is 6.99. The Kier molecular flexibility index (Phi) is 6.46. The number of fused-ring (bicyclic) bond motifs is 1. The van der Waals surface area contributed by atoms with Crippen molar-refractivity contribution in [1.29, 1.82) is 0 Å². The minimum absolute atomic E-state index is 0.137. The van der Waals surface area contributed by atoms with Gasteiger partial charge in [0.1, 0.15) is 11.3 Å². The highest BCUT2D eigenvalue weighted by Gasteiger charge is 2.42. The van der Waals surface area contributed by atoms with E-state index in [2.05, 4.69) is 41.0 Å². The van der Waals surface area contributed by atoms with Crippen LogP contribution in [0.2, 0.25) is 0 Å². The smallest absolute Gasteiger partial charge is 0.421 e. The lowest BCUT2D eigenvalue weighted by Gasteiger charge is -2.24. The maximum Gasteiger partial charge on any atom is 0.421 e. The normalized spacial score (nSPS) is 23.8. The third kappa shape index (κ3) is 5.50. The van der Waals surface area contributed by atoms with Crippen LogP contribution in [0, 0.1) is 30.1 Å². The molecule has 1 saturated carbocycles. The number of aryl methyl sites for hydroxylation is 2. The van der Waals surface area contributed by atoms with Crippen LogP contribution in [0.15, 0.2) is 12.3 Å². The maximum absolute atomic E-state index is 13.8. The molecule has 6 nitrogen and oxygen atoms in total. The fourth-order valence-electron chi connectivity index (χ4n) is 5.25. The first-order chi connectivity index (χ1) is 15.4. The molecule has 0 bridgehead atoms. The number of hydrogen-bond donors (Lipinski definition) is 0. The number of alkyl halides is 3. The number of ether oxygens (including phenoxy) is 1. The van der Waals surface area contributed by atoms with Crippen molar-refractivity contribution in [3.8, 4) is 17.3 Å². The van der Waals surface area contributed by atoms with Gasteiger partial charge in [-0.3, -0.25) is 4.68 Å². The van der Waals surface area contributed by atoms with Gasteiger partial charge in [0.2, 0.25) is 5.88 Å². The van der Waals surface area contributed by atoms with Crippen molar-refractivity contribution in [2.75, 3.05) is 26.2 Å². The van der Waals surface area contributed by atoms with Gasteiger partial charge < -0.3 is 9.64 Å². The summed E-state index contributed by atoms with van der Waals surface area (Å²) in [5.41, 5.74) is 0.829. The van der Waals surface area contributed by atoms with E-state index in [4.69, 9.17) is 4.74 Å². The van der Waals surface area contributed by atoms with Crippen LogP contribution in [-0.4, -0.2) is 51.1 Å². The van der Waals surface area contributed by atoms with Crippen molar-refractivity contribution < 1.29 is 17.9 Å². The van der Waals surface area contributed by atoms with Crippen LogP contribution in [0.5, 0.6) is 5.88 Å². The Labute approximate surface area is 193 Å². The van der Waals surface area contributed by atoms with Crippen molar-refractivity contribution in [3.05, 3.63) is 23.4 Å². The average molecular weight is 466 g/mol. The topological polar surface area (TPSA) is 56.1 Å². The summed E-state index contributed by atoms with van der Waals surface area (Å²) >= 11 is 0. The van der Waals surface area contributed by atoms with E-state index < -0.39 is 17.6 Å². The molecule has 2 fully saturated rings. The van der Waals surface area contributed by atoms with Crippen molar-refractivity contribution in [2.24, 2.45) is 30.2 Å². The van der Waals surface area contributed by atoms with E-state index in [1.807, 2.05) is 0 Å². The van der Waals surface area contributed by atoms with Crippen LogP contribution in [0.1, 0.15) is 51.2 Å². The molecule has 0 radical (unpaired) electrons. The molecule has 1 aliphatic carbocycles. The molecule has 1 aliphatic heterocycles. The second kappa shape index (κ2) is 8.89. The minimum atomic E-state index is -4.58. The Bertz CT molecular complexity index is 948. The number of likely N-dealkylation sites (tertiary alicyclic amines) is 1. The summed E-state index contributed by atoms with van der Waals surface area (Å²) in [5, 5.41) is 11.9. The van der Waals surface area contributed by atoms with Gasteiger partial charge in [-0.05, 0) is 67.5 Å². The first kappa shape index (κ1) is 24.0. The third-order valence-corrected chi connectivity index (χ3v) is 6.99. The Hall–Kier alpha value is -2.16. The van der Waals surface area contributed by atoms with Gasteiger partial charge in [0, 0.05) is 20.1 Å². The van der Waals surface area contributed by atoms with Gasteiger partial charge in [-0.2, -0.15) is 18.3 Å². The molecular formula is C24H34F3N5O. The van der Waals surface area contributed by atoms with Gasteiger partial charge in [-0.25, -0.2) is 0 Å². The Morgan fingerprint density at radius 3 is 2.30 bits per heavy atom. The molecule has 1 saturated heterocycles. The van der Waals surface area contributed by atoms with E-state index in [9.17, 15) is 13.2 Å². The van der Waals surface area contributed by atoms with Gasteiger partial charge in [0.25, 0.3) is 0 Å². The fourth-order valence-corrected chi connectivity index (χ4v) is 5.25. The molecule has 0 aromatic carbocycles. The highest BCUT2D eigenvalue weighted by Crippen LogP contribution is 2.43. The van der Waals surface area contributed by atoms with Gasteiger partial charge in [-0.1, -0.05) is 20.8 Å². The van der Waals surface area contributed by atoms with Crippen LogP contribution in [0.25, 0.3) is 11.4 Å². The summed E-state index contributed by atoms with van der Waals surface area (Å²) in [5.74, 6) is 1.05. The molecule has 182 valence electrons. The van der Waals surface area contributed by atoms with E-state index in [1.165, 1.54) is 11.1 Å². The van der Waals surface area contributed by atoms with Crippen molar-refractivity contribution in [2.45, 2.75) is 53.1 Å². The van der Waals surface area contributed by atoms with E-state index in [1.54, 1.807) is 20.2 Å². The molecular weight excluding hydrogens is 431 g/mol. The highest BCUT2D eigenvalue weighted by molar-refractivity contribution is 5.59. The molecule has 0 spiro atoms. The lowest BCUT2D eigenvalue weighted by Crippen LogP contribution is -2.27. The van der Waals surface area contributed by atoms with Crippen LogP contribution < -0.4 is 4.74 Å². The average Bonchev–Trinajstić information content (AvgIpc) is 3.36. The lowest BCUT2D eigenvalue weighted by atomic mass is 9.92. The quantitative estimate of drug-likeness (QED) is 0.603. The van der Waals surface area contributed by atoms with Crippen LogP contribution in [0.4, 0.5) is 13.2 Å². The fraction of sp³-hybridized carbons (Fsp3) is 0.708. The highest BCUT2D eigenvalue weighted by atomic mass is 19.4. The molecule has 2 aromatic rings. The molecule has 0 N–H and O–H groups in total. The monoisotopic (exact) mass is 465 g/mol. The molecule has 0 amide bonds. The Balaban J connectivity index is 1.38. The predicted octanol–water partition coefficient (Wildman–Crippen LogP) is 4.98. The Morgan fingerprint density at radius 1 is 1.09 bits per heavy atom. The zero-order chi connectivity index (χ0) is 24.0. The van der Waals surface area contributed by atoms with E-state index >= 15 is 0 Å². The molecule has 9 heteroatoms. The van der Waals surface area contributed by atoms with Crippen LogP contribution in [0.3, 0.4) is 0 Å². The predicted molar refractivity (Wildman–Crippen MR) is 120 cm³/mol. The molecule has 0 unspecified atom stereocenters. The SMILES string of the molecule is Cc1cnn(C)c1-c1cc(C(F)(F)F)c(OC[C@H]2C[C@@H]3CN(CCC(C)(C)C)C[C@@H]3C2)nn1. The first-order valence-corrected chi connectivity index (χ1v) is 11.7. The van der Waals surface area contributed by atoms with E-state index in [-0.39, 0.29) is 18.2 Å². The van der Waals surface area contributed by atoms with Crippen LogP contribution in [-0.2, 0) is 13.2 Å². The van der Waals surface area contributed by atoms with Gasteiger partial charge >= 0.3 is 6.18 Å². The van der Waals surface area contributed by atoms with Gasteiger partial charge in [-0.15, -0.1) is 10.2 Å². The van der Waals surface area contributed by atoms with Crippen molar-refractivity contribution in [3.63, 3.8) is 0 Å². The largest absolute Gasteiger partial charge is 0.476 e. The lowest BCUT2D eigenvalue weighted by molar-refractivity contribution is -0.139. The van der Waals surface area contributed by atoms with Crippen LogP contribution >= 0.6 is 0 Å².